The molecule has 0 atom stereocenters. The number of pyridine rings is 4. The van der Waals surface area contributed by atoms with Crippen molar-refractivity contribution in [3.05, 3.63) is 146 Å². The van der Waals surface area contributed by atoms with Crippen molar-refractivity contribution >= 4 is 5.82 Å². The summed E-state index contributed by atoms with van der Waals surface area (Å²) in [6, 6.07) is 41.9. The fourth-order valence-corrected chi connectivity index (χ4v) is 19.2. The zero-order chi connectivity index (χ0) is 109. The first-order chi connectivity index (χ1) is 70.6. The minimum atomic E-state index is 0.338. The molecule has 0 aliphatic carbocycles. The van der Waals surface area contributed by atoms with Gasteiger partial charge in [0.2, 0.25) is 5.88 Å². The number of ether oxygens (including phenoxy) is 2. The van der Waals surface area contributed by atoms with Crippen LogP contribution in [-0.2, 0) is 11.2 Å². The van der Waals surface area contributed by atoms with Crippen molar-refractivity contribution in [1.29, 1.82) is 0 Å². The summed E-state index contributed by atoms with van der Waals surface area (Å²) in [7, 11) is 8.43. The summed E-state index contributed by atoms with van der Waals surface area (Å²) < 4.78 is 11.1. The molecule has 11 saturated heterocycles. The van der Waals surface area contributed by atoms with Crippen LogP contribution in [0.1, 0.15) is 322 Å². The second-order valence-electron chi connectivity index (χ2n) is 45.0. The van der Waals surface area contributed by atoms with Crippen LogP contribution in [0.3, 0.4) is 0 Å². The number of piperidine rings is 6. The molecule has 147 heavy (non-hydrogen) atoms. The fourth-order valence-electron chi connectivity index (χ4n) is 19.2. The van der Waals surface area contributed by atoms with Crippen LogP contribution >= 0.6 is 0 Å². The molecule has 11 aliphatic rings. The Balaban J connectivity index is 0.000000794. The van der Waals surface area contributed by atoms with Gasteiger partial charge < -0.3 is 63.8 Å². The number of rotatable bonds is 17. The third-order valence-electron chi connectivity index (χ3n) is 29.9. The molecule has 0 spiro atoms. The van der Waals surface area contributed by atoms with Gasteiger partial charge in [-0.25, -0.2) is 9.97 Å². The third-order valence-corrected chi connectivity index (χ3v) is 29.9. The van der Waals surface area contributed by atoms with E-state index < -0.39 is 0 Å². The first-order valence-corrected chi connectivity index (χ1v) is 60.0. The summed E-state index contributed by atoms with van der Waals surface area (Å²) in [4.78, 5) is 53.8. The lowest BCUT2D eigenvalue weighted by Crippen LogP contribution is -2.47. The van der Waals surface area contributed by atoms with Crippen molar-refractivity contribution in [2.45, 2.75) is 401 Å². The van der Waals surface area contributed by atoms with Crippen LogP contribution in [-0.4, -0.2) is 405 Å². The van der Waals surface area contributed by atoms with Crippen LogP contribution in [0.15, 0.2) is 140 Å². The Morgan fingerprint density at radius 3 is 0.837 bits per heavy atom. The van der Waals surface area contributed by atoms with Gasteiger partial charge in [0.05, 0.1) is 6.10 Å². The summed E-state index contributed by atoms with van der Waals surface area (Å²) in [5.74, 6) is 3.81. The van der Waals surface area contributed by atoms with Crippen LogP contribution in [0, 0.1) is 11.8 Å². The first kappa shape index (κ1) is 140. The maximum atomic E-state index is 5.85. The molecule has 1 N–H and O–H groups in total. The van der Waals surface area contributed by atoms with Gasteiger partial charge in [0.15, 0.2) is 0 Å². The highest BCUT2D eigenvalue weighted by Crippen LogP contribution is 2.23. The van der Waals surface area contributed by atoms with Gasteiger partial charge in [-0.2, -0.15) is 0 Å². The molecule has 0 unspecified atom stereocenters. The number of hydrogen-bond donors (Lipinski definition) is 1. The minimum Gasteiger partial charge on any atom is -0.474 e. The van der Waals surface area contributed by atoms with Gasteiger partial charge in [-0.1, -0.05) is 122 Å². The molecular weight excluding hydrogens is 1810 g/mol. The van der Waals surface area contributed by atoms with Crippen molar-refractivity contribution in [2.75, 3.05) is 243 Å². The summed E-state index contributed by atoms with van der Waals surface area (Å²) >= 11 is 0. The number of aromatic nitrogens is 4. The fraction of sp³-hybridized carbons (Fsp3) is 0.792. The van der Waals surface area contributed by atoms with E-state index in [1.54, 1.807) is 31.0 Å². The van der Waals surface area contributed by atoms with E-state index in [4.69, 9.17) is 9.47 Å². The van der Waals surface area contributed by atoms with Crippen molar-refractivity contribution in [2.24, 2.45) is 11.8 Å². The Morgan fingerprint density at radius 2 is 0.544 bits per heavy atom. The molecule has 1 aromatic carbocycles. The van der Waals surface area contributed by atoms with Gasteiger partial charge in [-0.05, 0) is 415 Å². The van der Waals surface area contributed by atoms with E-state index in [-0.39, 0.29) is 0 Å². The van der Waals surface area contributed by atoms with Crippen LogP contribution in [0.5, 0.6) is 5.88 Å². The molecule has 5 aromatic rings. The number of piperazine rings is 2. The predicted octanol–water partition coefficient (Wildman–Crippen LogP) is 23.7. The molecule has 22 heteroatoms. The quantitative estimate of drug-likeness (QED) is 0.0946. The first-order valence-electron chi connectivity index (χ1n) is 60.0. The van der Waals surface area contributed by atoms with Crippen molar-refractivity contribution in [3.63, 3.8) is 0 Å². The lowest BCUT2D eigenvalue weighted by molar-refractivity contribution is 0.0321. The van der Waals surface area contributed by atoms with Gasteiger partial charge in [0, 0.05) is 248 Å². The smallest absolute Gasteiger partial charge is 0.213 e. The summed E-state index contributed by atoms with van der Waals surface area (Å²) in [6.45, 7) is 105. The normalized spacial score (nSPS) is 19.9. The number of benzene rings is 1. The summed E-state index contributed by atoms with van der Waals surface area (Å²) in [5, 5.41) is 3.33. The Morgan fingerprint density at radius 1 is 0.272 bits per heavy atom. The van der Waals surface area contributed by atoms with E-state index >= 15 is 0 Å². The number of anilines is 1. The average Bonchev–Trinajstić information content (AvgIpc) is 1.60. The van der Waals surface area contributed by atoms with Crippen LogP contribution in [0.2, 0.25) is 0 Å². The van der Waals surface area contributed by atoms with Gasteiger partial charge in [-0.15, -0.1) is 0 Å². The third kappa shape index (κ3) is 71.5. The Bertz CT molecular complexity index is 3290. The minimum absolute atomic E-state index is 0.338. The van der Waals surface area contributed by atoms with Crippen LogP contribution < -0.4 is 15.0 Å². The molecule has 22 nitrogen and oxygen atoms in total. The Labute approximate surface area is 911 Å². The molecular formula is C125H240N20O2. The number of aryl methyl sites for hydroxylation is 1. The van der Waals surface area contributed by atoms with E-state index in [1.807, 2.05) is 102 Å². The van der Waals surface area contributed by atoms with E-state index in [2.05, 4.69) is 335 Å². The number of hydrogen-bond acceptors (Lipinski definition) is 22. The van der Waals surface area contributed by atoms with Crippen molar-refractivity contribution in [1.82, 2.24) is 93.9 Å². The number of methoxy groups -OCH3 is 1. The Hall–Kier alpha value is -5.22. The highest BCUT2D eigenvalue weighted by molar-refractivity contribution is 5.37. The molecule has 0 bridgehead atoms. The molecule has 0 amide bonds. The van der Waals surface area contributed by atoms with Gasteiger partial charge >= 0.3 is 0 Å². The highest BCUT2D eigenvalue weighted by Gasteiger charge is 2.26. The number of nitrogens with zero attached hydrogens (tertiary/aromatic N) is 19. The topological polar surface area (TPSA) is 131 Å². The number of likely N-dealkylation sites (tertiary alicyclic amines) is 6. The molecule has 4 aromatic heterocycles. The highest BCUT2D eigenvalue weighted by atomic mass is 16.5. The van der Waals surface area contributed by atoms with E-state index in [9.17, 15) is 0 Å². The molecule has 15 heterocycles. The molecule has 0 saturated carbocycles. The zero-order valence-electron chi connectivity index (χ0n) is 102. The SMILES string of the molecule is CC.CC.CC(C)N1CCC(Oc2ccccn2)CC1.CC(C)N1CCCCC1.CC(C)N1CCCCC1.CC(C)N1CCCN(C)CC1.CC(C)N1CCCN(C)CC1.CC(C)N1CCCN(c2ccccn2)CC1.CC(C)N1CCN(C)CC1.CC(C)N1CCNCC1.CC1CCN(C(C)C)CC1.CC1CCN(C(C)C)CC1.CCCc1ccccc1.COC1CCN(C(C)C)CC1.c1ccncc1.c1ccncc1. The molecule has 16 rings (SSSR count). The average molecular weight is 2060 g/mol. The lowest BCUT2D eigenvalue weighted by atomic mass is 9.98. The van der Waals surface area contributed by atoms with E-state index in [0.29, 0.717) is 30.3 Å². The summed E-state index contributed by atoms with van der Waals surface area (Å²) in [5.41, 5.74) is 1.44. The van der Waals surface area contributed by atoms with Crippen LogP contribution in [0.4, 0.5) is 5.82 Å². The molecule has 0 radical (unpaired) electrons. The second-order valence-corrected chi connectivity index (χ2v) is 45.0. The van der Waals surface area contributed by atoms with Gasteiger partial charge in [-0.3, -0.25) is 34.5 Å². The predicted molar refractivity (Wildman–Crippen MR) is 643 cm³/mol. The Kier molecular flexibility index (Phi) is 85.6. The maximum absolute atomic E-state index is 5.85. The zero-order valence-corrected chi connectivity index (χ0v) is 102. The second kappa shape index (κ2) is 90.0. The molecule has 11 fully saturated rings. The van der Waals surface area contributed by atoms with E-state index in [0.717, 1.165) is 131 Å². The van der Waals surface area contributed by atoms with Gasteiger partial charge in [0.1, 0.15) is 11.9 Å². The summed E-state index contributed by atoms with van der Waals surface area (Å²) in [6.07, 6.45) is 36.6. The van der Waals surface area contributed by atoms with Crippen molar-refractivity contribution < 1.29 is 9.47 Å². The largest absolute Gasteiger partial charge is 0.474 e. The van der Waals surface area contributed by atoms with E-state index in [1.165, 1.54) is 278 Å². The number of nitrogens with one attached hydrogen (secondary N) is 1. The number of likely N-dealkylation sites (N-methyl/N-ethyl adjacent to an activating group) is 3. The van der Waals surface area contributed by atoms with Crippen molar-refractivity contribution in [3.8, 4) is 5.88 Å². The molecule has 852 valence electrons. The lowest BCUT2D eigenvalue weighted by Gasteiger charge is -2.34. The van der Waals surface area contributed by atoms with Crippen LogP contribution in [0.25, 0.3) is 0 Å². The monoisotopic (exact) mass is 2050 g/mol. The van der Waals surface area contributed by atoms with Gasteiger partial charge in [0.25, 0.3) is 0 Å². The molecule has 11 aliphatic heterocycles. The maximum Gasteiger partial charge on any atom is 0.213 e. The standard InChI is InChI=1S/C13H21N3.C13H20N2O.2C9H20N2.C9H19NO.2C9H19N.C9H12.C8H18N2.2C8H17N.C7H16N2.2C5H5N.2C2H6/c1-12(2)15-8-5-9-16(11-10-15)13-6-3-4-7-14-13;1-11(2)15-9-6-12(7-10-15)16-13-5-3-4-8-14-13;2*1-9(2)11-6-4-5-10(3)7-8-11;1-8(2)10-6-4-9(11-3)5-7-10;2*1-8(2)10-6-4-9(3)5-7-10;1-2-6-9-7-4-3-5-8-9;1-8(2)10-6-4-9(3)5-7-10;2*1-8(2)9-6-4-3-5-7-9;1-7(2)9-5-3-8-4-6-9;2*1-2-4-6-5-3-1;2*1-2/h3-4,6-7,12H,5,8-11H2,1-2H3;3-5,8,11-12H,6-7,9-10H2,1-2H3;2*9H,4-8H2,1-3H3;8-9H,4-7H2,1-3H3;2*8-9H,4-7H2,1-3H3;3-5,7-8H,2,6H2,1H3;8H,4-7H2,1-3H3;2*8H,3-7H2,1-2H3;7-8H,3-6H2,1-2H3;2*1-5H;2*1-2H3.